The van der Waals surface area contributed by atoms with E-state index in [9.17, 15) is 4.79 Å². The molecule has 0 radical (unpaired) electrons. The molecule has 1 aromatic heterocycles. The summed E-state index contributed by atoms with van der Waals surface area (Å²) in [5.74, 6) is 0.0864. The Labute approximate surface area is 99.1 Å². The molecule has 16 heavy (non-hydrogen) atoms. The lowest BCUT2D eigenvalue weighted by Gasteiger charge is -2.21. The van der Waals surface area contributed by atoms with Crippen molar-refractivity contribution in [2.45, 2.75) is 31.6 Å². The summed E-state index contributed by atoms with van der Waals surface area (Å²) in [4.78, 5) is 13.3. The van der Waals surface area contributed by atoms with Crippen LogP contribution in [0.2, 0.25) is 0 Å². The van der Waals surface area contributed by atoms with Crippen molar-refractivity contribution >= 4 is 17.2 Å². The Morgan fingerprint density at radius 3 is 3.38 bits per heavy atom. The van der Waals surface area contributed by atoms with Crippen LogP contribution in [-0.4, -0.2) is 12.5 Å². The molecule has 0 aromatic carbocycles. The summed E-state index contributed by atoms with van der Waals surface area (Å²) >= 11 is 1.74. The van der Waals surface area contributed by atoms with Gasteiger partial charge in [-0.3, -0.25) is 4.79 Å². The predicted octanol–water partition coefficient (Wildman–Crippen LogP) is 2.20. The van der Waals surface area contributed by atoms with Crippen LogP contribution in [0.4, 0.5) is 0 Å². The van der Waals surface area contributed by atoms with Crippen molar-refractivity contribution in [2.75, 3.05) is 6.54 Å². The standard InChI is InChI=1S/C12H14N2OS/c13-6-2-7-14-12(15)10-3-1-4-11-9(10)5-8-16-11/h5,8,10H,1-4,7H2,(H,14,15). The maximum atomic E-state index is 11.9. The number of hydrogen-bond acceptors (Lipinski definition) is 3. The van der Waals surface area contributed by atoms with E-state index >= 15 is 0 Å². The van der Waals surface area contributed by atoms with E-state index in [0.29, 0.717) is 13.0 Å². The van der Waals surface area contributed by atoms with E-state index in [-0.39, 0.29) is 11.8 Å². The fourth-order valence-corrected chi connectivity index (χ4v) is 3.11. The van der Waals surface area contributed by atoms with Crippen LogP contribution in [0.3, 0.4) is 0 Å². The number of fused-ring (bicyclic) bond motifs is 1. The molecule has 1 N–H and O–H groups in total. The van der Waals surface area contributed by atoms with Gasteiger partial charge >= 0.3 is 0 Å². The third-order valence-electron chi connectivity index (χ3n) is 2.90. The molecule has 0 fully saturated rings. The van der Waals surface area contributed by atoms with E-state index in [2.05, 4.69) is 16.8 Å². The Kier molecular flexibility index (Phi) is 3.58. The third kappa shape index (κ3) is 2.25. The number of aryl methyl sites for hydroxylation is 1. The van der Waals surface area contributed by atoms with Gasteiger partial charge < -0.3 is 5.32 Å². The minimum Gasteiger partial charge on any atom is -0.355 e. The number of amides is 1. The van der Waals surface area contributed by atoms with Crippen molar-refractivity contribution in [1.29, 1.82) is 5.26 Å². The number of nitrogens with one attached hydrogen (secondary N) is 1. The molecule has 84 valence electrons. The van der Waals surface area contributed by atoms with Crippen LogP contribution in [0.15, 0.2) is 11.4 Å². The first kappa shape index (κ1) is 11.2. The Morgan fingerprint density at radius 2 is 2.56 bits per heavy atom. The summed E-state index contributed by atoms with van der Waals surface area (Å²) in [6.45, 7) is 0.464. The van der Waals surface area contributed by atoms with Gasteiger partial charge in [0.1, 0.15) is 0 Å². The zero-order valence-electron chi connectivity index (χ0n) is 9.03. The predicted molar refractivity (Wildman–Crippen MR) is 63.2 cm³/mol. The number of carbonyl (C=O) groups excluding carboxylic acids is 1. The second-order valence-corrected chi connectivity index (χ2v) is 4.94. The van der Waals surface area contributed by atoms with Gasteiger partial charge in [0.2, 0.25) is 5.91 Å². The lowest BCUT2D eigenvalue weighted by molar-refractivity contribution is -0.122. The van der Waals surface area contributed by atoms with Crippen molar-refractivity contribution in [3.8, 4) is 6.07 Å². The zero-order valence-corrected chi connectivity index (χ0v) is 9.85. The van der Waals surface area contributed by atoms with Gasteiger partial charge in [-0.15, -0.1) is 11.3 Å². The van der Waals surface area contributed by atoms with Crippen molar-refractivity contribution < 1.29 is 4.79 Å². The van der Waals surface area contributed by atoms with Crippen molar-refractivity contribution in [2.24, 2.45) is 0 Å². The molecular formula is C12H14N2OS. The normalized spacial score (nSPS) is 18.6. The van der Waals surface area contributed by atoms with Crippen LogP contribution in [0.1, 0.15) is 35.6 Å². The second-order valence-electron chi connectivity index (χ2n) is 3.94. The highest BCUT2D eigenvalue weighted by molar-refractivity contribution is 7.10. The average Bonchev–Trinajstić information content (AvgIpc) is 2.76. The molecule has 1 aliphatic carbocycles. The van der Waals surface area contributed by atoms with Gasteiger partial charge in [0.05, 0.1) is 18.4 Å². The number of thiophene rings is 1. The number of carbonyl (C=O) groups is 1. The Balaban J connectivity index is 2.01. The van der Waals surface area contributed by atoms with Gasteiger partial charge in [0.25, 0.3) is 0 Å². The van der Waals surface area contributed by atoms with E-state index in [1.165, 1.54) is 10.4 Å². The molecule has 0 saturated carbocycles. The fourth-order valence-electron chi connectivity index (χ4n) is 2.12. The third-order valence-corrected chi connectivity index (χ3v) is 3.90. The van der Waals surface area contributed by atoms with E-state index in [0.717, 1.165) is 19.3 Å². The van der Waals surface area contributed by atoms with Crippen molar-refractivity contribution in [1.82, 2.24) is 5.32 Å². The summed E-state index contributed by atoms with van der Waals surface area (Å²) in [5, 5.41) is 13.3. The van der Waals surface area contributed by atoms with Gasteiger partial charge in [-0.2, -0.15) is 5.26 Å². The highest BCUT2D eigenvalue weighted by atomic mass is 32.1. The number of nitriles is 1. The molecule has 1 heterocycles. The van der Waals surface area contributed by atoms with Gasteiger partial charge in [-0.25, -0.2) is 0 Å². The molecule has 3 nitrogen and oxygen atoms in total. The maximum absolute atomic E-state index is 11.9. The van der Waals surface area contributed by atoms with E-state index in [1.807, 2.05) is 6.07 Å². The van der Waals surface area contributed by atoms with Gasteiger partial charge in [0.15, 0.2) is 0 Å². The zero-order chi connectivity index (χ0) is 11.4. The molecule has 2 rings (SSSR count). The lowest BCUT2D eigenvalue weighted by atomic mass is 9.87. The van der Waals surface area contributed by atoms with E-state index in [1.54, 1.807) is 11.3 Å². The van der Waals surface area contributed by atoms with Gasteiger partial charge in [-0.05, 0) is 36.3 Å². The number of rotatable bonds is 3. The summed E-state index contributed by atoms with van der Waals surface area (Å²) in [6.07, 6.45) is 3.51. The molecule has 1 unspecified atom stereocenters. The molecule has 0 aliphatic heterocycles. The molecule has 4 heteroatoms. The highest BCUT2D eigenvalue weighted by Gasteiger charge is 2.26. The topological polar surface area (TPSA) is 52.9 Å². The Hall–Kier alpha value is -1.34. The molecule has 1 aliphatic rings. The van der Waals surface area contributed by atoms with Crippen molar-refractivity contribution in [3.05, 3.63) is 21.9 Å². The van der Waals surface area contributed by atoms with Crippen LogP contribution in [0.25, 0.3) is 0 Å². The van der Waals surface area contributed by atoms with Crippen LogP contribution in [0.5, 0.6) is 0 Å². The lowest BCUT2D eigenvalue weighted by Crippen LogP contribution is -2.31. The molecule has 0 bridgehead atoms. The number of hydrogen-bond donors (Lipinski definition) is 1. The Bertz CT molecular complexity index is 419. The van der Waals surface area contributed by atoms with Crippen LogP contribution in [-0.2, 0) is 11.2 Å². The Morgan fingerprint density at radius 1 is 1.69 bits per heavy atom. The first-order valence-electron chi connectivity index (χ1n) is 5.54. The average molecular weight is 234 g/mol. The molecule has 1 atom stereocenters. The number of nitrogens with zero attached hydrogens (tertiary/aromatic N) is 1. The van der Waals surface area contributed by atoms with Gasteiger partial charge in [-0.1, -0.05) is 0 Å². The summed E-state index contributed by atoms with van der Waals surface area (Å²) in [5.41, 5.74) is 1.20. The molecule has 0 saturated heterocycles. The van der Waals surface area contributed by atoms with E-state index < -0.39 is 0 Å². The largest absolute Gasteiger partial charge is 0.355 e. The minimum atomic E-state index is 0.00805. The monoisotopic (exact) mass is 234 g/mol. The van der Waals surface area contributed by atoms with Crippen LogP contribution >= 0.6 is 11.3 Å². The summed E-state index contributed by atoms with van der Waals surface area (Å²) in [7, 11) is 0. The first-order chi connectivity index (χ1) is 7.83. The second kappa shape index (κ2) is 5.13. The minimum absolute atomic E-state index is 0.00805. The molecule has 1 amide bonds. The first-order valence-corrected chi connectivity index (χ1v) is 6.42. The van der Waals surface area contributed by atoms with Crippen LogP contribution < -0.4 is 5.32 Å². The highest BCUT2D eigenvalue weighted by Crippen LogP contribution is 2.34. The quantitative estimate of drug-likeness (QED) is 0.815. The van der Waals surface area contributed by atoms with Gasteiger partial charge in [0, 0.05) is 11.4 Å². The summed E-state index contributed by atoms with van der Waals surface area (Å²) < 4.78 is 0. The molecular weight excluding hydrogens is 220 g/mol. The maximum Gasteiger partial charge on any atom is 0.227 e. The molecule has 1 aromatic rings. The SMILES string of the molecule is N#CCCNC(=O)C1CCCc2sccc21. The van der Waals surface area contributed by atoms with E-state index in [4.69, 9.17) is 5.26 Å². The molecule has 0 spiro atoms. The summed E-state index contributed by atoms with van der Waals surface area (Å²) in [6, 6.07) is 4.09. The smallest absolute Gasteiger partial charge is 0.227 e. The fraction of sp³-hybridized carbons (Fsp3) is 0.500. The van der Waals surface area contributed by atoms with Crippen LogP contribution in [0, 0.1) is 11.3 Å². The van der Waals surface area contributed by atoms with Crippen molar-refractivity contribution in [3.63, 3.8) is 0 Å².